The lowest BCUT2D eigenvalue weighted by Crippen LogP contribution is -2.39. The summed E-state index contributed by atoms with van der Waals surface area (Å²) in [7, 11) is 0. The third kappa shape index (κ3) is 59.9. The van der Waals surface area contributed by atoms with E-state index >= 15 is 0 Å². The SMILES string of the molecule is CC(C)C(C)(F)C(C)C.CCC(C)(CC)[C@@](C)(F)CC.CCC(CC)[C@@](C)(F)C(C)C.CCC(CC)[C@@](C)(F)CC.CCCC(C)(F)CCC.CCC[C@@](C)(F)CC.CCC[C@](C)(F)C(C(C)C)C(C)C.CCC[C@](C)(F)C(C)(CC)CC.CCC[C@](C)(F)C(CC)CC.CC[C@](C)(F)C(C(C)C)C(C)C.CC[C@](C)(F)C(C)C. The molecule has 9 atom stereocenters. The molecule has 0 radical (unpaired) electrons. The minimum atomic E-state index is -1.00. The van der Waals surface area contributed by atoms with Gasteiger partial charge in [0, 0.05) is 10.8 Å². The van der Waals surface area contributed by atoms with Crippen molar-refractivity contribution in [1.29, 1.82) is 0 Å². The minimum absolute atomic E-state index is 0.123. The zero-order valence-corrected chi connectivity index (χ0v) is 87.3. The molecule has 0 aliphatic rings. The molecule has 0 amide bonds. The third-order valence-corrected chi connectivity index (χ3v) is 27.9. The van der Waals surface area contributed by atoms with E-state index in [0.29, 0.717) is 94.3 Å². The van der Waals surface area contributed by atoms with Gasteiger partial charge in [0.1, 0.15) is 62.4 Å². The maximum atomic E-state index is 14.3. The molecule has 0 aliphatic carbocycles. The lowest BCUT2D eigenvalue weighted by molar-refractivity contribution is 0.00460. The fourth-order valence-electron chi connectivity index (χ4n) is 16.1. The van der Waals surface area contributed by atoms with Gasteiger partial charge in [0.2, 0.25) is 0 Å². The lowest BCUT2D eigenvalue weighted by Gasteiger charge is -2.39. The Hall–Kier alpha value is -0.770. The van der Waals surface area contributed by atoms with Gasteiger partial charge in [-0.3, -0.25) is 0 Å². The summed E-state index contributed by atoms with van der Waals surface area (Å²) in [6, 6.07) is 0. The Bertz CT molecular complexity index is 2000. The zero-order chi connectivity index (χ0) is 94.1. The fourth-order valence-corrected chi connectivity index (χ4v) is 16.1. The molecule has 0 nitrogen and oxygen atoms in total. The summed E-state index contributed by atoms with van der Waals surface area (Å²) in [6.45, 7) is 97.6. The highest BCUT2D eigenvalue weighted by Crippen LogP contribution is 2.46. The van der Waals surface area contributed by atoms with Crippen molar-refractivity contribution >= 4 is 0 Å². The maximum Gasteiger partial charge on any atom is 0.113 e. The van der Waals surface area contributed by atoms with E-state index in [0.717, 1.165) is 103 Å². The molecule has 0 saturated carbocycles. The molecule has 0 rings (SSSR count). The number of hydrogen-bond acceptors (Lipinski definition) is 0. The van der Waals surface area contributed by atoms with Gasteiger partial charge in [-0.05, 0) is 249 Å². The molecule has 0 aromatic rings. The molecule has 0 spiro atoms. The Morgan fingerprint density at radius 1 is 0.193 bits per heavy atom. The van der Waals surface area contributed by atoms with Gasteiger partial charge >= 0.3 is 0 Å². The van der Waals surface area contributed by atoms with Gasteiger partial charge in [-0.25, -0.2) is 48.3 Å². The van der Waals surface area contributed by atoms with Gasteiger partial charge in [0.15, 0.2) is 0 Å². The predicted octanol–water partition coefficient (Wildman–Crippen LogP) is 40.2. The van der Waals surface area contributed by atoms with Crippen LogP contribution in [0.25, 0.3) is 0 Å². The minimum Gasteiger partial charge on any atom is -0.244 e. The Kier molecular flexibility index (Phi) is 81.0. The van der Waals surface area contributed by atoms with Crippen LogP contribution in [0.5, 0.6) is 0 Å². The average molecular weight is 1660 g/mol. The third-order valence-electron chi connectivity index (χ3n) is 27.9. The molecule has 0 heterocycles. The Balaban J connectivity index is -0.000000114. The van der Waals surface area contributed by atoms with Crippen molar-refractivity contribution in [3.05, 3.63) is 0 Å². The molecule has 11 heteroatoms. The summed E-state index contributed by atoms with van der Waals surface area (Å²) in [5.41, 5.74) is -10.9. The van der Waals surface area contributed by atoms with Crippen molar-refractivity contribution in [3.63, 3.8) is 0 Å². The molecule has 0 unspecified atom stereocenters. The van der Waals surface area contributed by atoms with E-state index < -0.39 is 62.4 Å². The lowest BCUT2D eigenvalue weighted by atomic mass is 9.70. The monoisotopic (exact) mass is 1660 g/mol. The van der Waals surface area contributed by atoms with Crippen molar-refractivity contribution in [3.8, 4) is 0 Å². The highest BCUT2D eigenvalue weighted by atomic mass is 19.2. The number of hydrogen-bond donors (Lipinski definition) is 0. The van der Waals surface area contributed by atoms with E-state index in [1.165, 1.54) is 0 Å². The van der Waals surface area contributed by atoms with Crippen LogP contribution in [0.2, 0.25) is 0 Å². The highest BCUT2D eigenvalue weighted by Gasteiger charge is 2.44. The first-order valence-electron chi connectivity index (χ1n) is 47.8. The summed E-state index contributed by atoms with van der Waals surface area (Å²) >= 11 is 0. The summed E-state index contributed by atoms with van der Waals surface area (Å²) in [6.07, 6.45) is 22.4. The number of rotatable bonds is 42. The van der Waals surface area contributed by atoms with Crippen molar-refractivity contribution in [2.45, 2.75) is 582 Å². The van der Waals surface area contributed by atoms with Gasteiger partial charge in [-0.1, -0.05) is 347 Å². The molecule has 706 valence electrons. The Labute approximate surface area is 714 Å². The normalized spacial score (nSPS) is 16.8. The summed E-state index contributed by atoms with van der Waals surface area (Å²) < 4.78 is 150. The second-order valence-electron chi connectivity index (χ2n) is 39.9. The van der Waals surface area contributed by atoms with Crippen LogP contribution in [0.3, 0.4) is 0 Å². The van der Waals surface area contributed by atoms with Crippen LogP contribution < -0.4 is 0 Å². The molecule has 114 heavy (non-hydrogen) atoms. The molecule has 0 fully saturated rings. The van der Waals surface area contributed by atoms with Crippen LogP contribution in [-0.2, 0) is 0 Å². The van der Waals surface area contributed by atoms with Crippen LogP contribution >= 0.6 is 0 Å². The summed E-state index contributed by atoms with van der Waals surface area (Å²) in [5.74, 6) is 3.34. The van der Waals surface area contributed by atoms with Gasteiger partial charge in [-0.2, -0.15) is 0 Å². The quantitative estimate of drug-likeness (QED) is 0.0535. The van der Waals surface area contributed by atoms with Crippen LogP contribution in [0.1, 0.15) is 520 Å². The van der Waals surface area contributed by atoms with Crippen LogP contribution in [0, 0.1) is 87.8 Å². The number of halogens is 11. The first-order valence-corrected chi connectivity index (χ1v) is 47.8. The first kappa shape index (κ1) is 136. The first-order chi connectivity index (χ1) is 51.3. The van der Waals surface area contributed by atoms with E-state index in [4.69, 9.17) is 0 Å². The Morgan fingerprint density at radius 2 is 0.430 bits per heavy atom. The molecule has 0 bridgehead atoms. The van der Waals surface area contributed by atoms with Crippen LogP contribution in [-0.4, -0.2) is 62.4 Å². The van der Waals surface area contributed by atoms with Crippen molar-refractivity contribution < 1.29 is 48.3 Å². The maximum absolute atomic E-state index is 14.3. The fraction of sp³-hybridized carbons (Fsp3) is 1.00. The zero-order valence-electron chi connectivity index (χ0n) is 87.3. The molecule has 0 aromatic carbocycles. The molecule has 0 aliphatic heterocycles. The Morgan fingerprint density at radius 3 is 0.570 bits per heavy atom. The topological polar surface area (TPSA) is 0 Å². The van der Waals surface area contributed by atoms with E-state index in [1.54, 1.807) is 76.2 Å². The van der Waals surface area contributed by atoms with E-state index in [9.17, 15) is 48.3 Å². The second kappa shape index (κ2) is 67.7. The molecule has 0 aromatic heterocycles. The second-order valence-corrected chi connectivity index (χ2v) is 39.9. The summed E-state index contributed by atoms with van der Waals surface area (Å²) in [4.78, 5) is 0. The van der Waals surface area contributed by atoms with E-state index in [1.807, 2.05) is 132 Å². The highest BCUT2D eigenvalue weighted by molar-refractivity contribution is 4.93. The van der Waals surface area contributed by atoms with Crippen molar-refractivity contribution in [1.82, 2.24) is 0 Å². The van der Waals surface area contributed by atoms with Gasteiger partial charge in [0.05, 0.1) is 0 Å². The van der Waals surface area contributed by atoms with Gasteiger partial charge in [0.25, 0.3) is 0 Å². The van der Waals surface area contributed by atoms with E-state index in [-0.39, 0.29) is 64.1 Å². The standard InChI is InChI=1S/C12H25F.2C11H23F.3C10H21F.C9H19F.2C8H17F.2C7H15F/c1-7-8-12(6,13)11(9(2)3)10(4)5;1-7-11(6,12)10(8(2)3)9(4)5;1-6-9-11(5,12)10(4,7-2)8-3;1-6-9(4,7-2)10(5,11)8-3;1-6-9(7-2)10(5,11)8(3)4;1-5-8-10(4,11)9(6-2)7-3;1-5-8(6-2)9(4,10)7-3;1-6(2)8(5,9)7(3)4;1-4-6-8(3,9)7-5-2;1-5-7(4,8)6(2)3;1-4-6-7(3,8)5-2/h9-11H,7-8H2,1-6H3;8-10H,7H2,1-6H3;6-9H2,1-5H3;6-8H2,1-5H3;8-9H,6-7H2,1-5H3;9H,5-8H2,1-4H3;8H,5-7H2,1-4H3;6-7H,1-5H3;4-7H2,1-3H3;6H,5H2,1-4H3;4-6H2,1-3H3/t12-;2*11-;3*10-;9-;;;2*7-/m0000000..00/s1. The van der Waals surface area contributed by atoms with Crippen LogP contribution in [0.15, 0.2) is 0 Å². The van der Waals surface area contributed by atoms with Crippen molar-refractivity contribution in [2.75, 3.05) is 0 Å². The molecule has 0 N–H and O–H groups in total. The smallest absolute Gasteiger partial charge is 0.113 e. The average Bonchev–Trinajstić information content (AvgIpc) is 0.826. The van der Waals surface area contributed by atoms with Gasteiger partial charge in [-0.15, -0.1) is 0 Å². The van der Waals surface area contributed by atoms with Crippen LogP contribution in [0.4, 0.5) is 48.3 Å². The molecular weight excluding hydrogens is 1450 g/mol. The summed E-state index contributed by atoms with van der Waals surface area (Å²) in [5, 5.41) is 0. The van der Waals surface area contributed by atoms with Gasteiger partial charge < -0.3 is 0 Å². The molecule has 0 saturated heterocycles. The predicted molar refractivity (Wildman–Crippen MR) is 501 cm³/mol. The number of alkyl halides is 11. The van der Waals surface area contributed by atoms with Crippen molar-refractivity contribution in [2.24, 2.45) is 87.8 Å². The van der Waals surface area contributed by atoms with E-state index in [2.05, 4.69) is 138 Å². The largest absolute Gasteiger partial charge is 0.244 e. The molecular formula is C103H217F11.